The average Bonchev–Trinajstić information content (AvgIpc) is 3.56. The lowest BCUT2D eigenvalue weighted by Gasteiger charge is -2.38. The van der Waals surface area contributed by atoms with Crippen LogP contribution in [0.3, 0.4) is 0 Å². The van der Waals surface area contributed by atoms with E-state index in [1.54, 1.807) is 31.2 Å². The van der Waals surface area contributed by atoms with Crippen LogP contribution >= 0.6 is 0 Å². The van der Waals surface area contributed by atoms with E-state index in [9.17, 15) is 29.1 Å². The molecule has 1 aliphatic carbocycles. The monoisotopic (exact) mass is 674 g/mol. The maximum Gasteiger partial charge on any atom is 0.407 e. The summed E-state index contributed by atoms with van der Waals surface area (Å²) in [7, 11) is 1.37. The quantitative estimate of drug-likeness (QED) is 0.193. The molecule has 2 saturated heterocycles. The Hall–Kier alpha value is -4.97. The predicted octanol–water partition coefficient (Wildman–Crippen LogP) is 3.66. The molecule has 6 atom stereocenters. The Bertz CT molecular complexity index is 1640. The Morgan fingerprint density at radius 1 is 1.00 bits per heavy atom. The van der Waals surface area contributed by atoms with Crippen LogP contribution in [0.1, 0.15) is 51.2 Å². The van der Waals surface area contributed by atoms with Crippen LogP contribution in [0, 0.1) is 11.8 Å². The van der Waals surface area contributed by atoms with Gasteiger partial charge in [-0.25, -0.2) is 9.59 Å². The predicted molar refractivity (Wildman–Crippen MR) is 177 cm³/mol. The fraction of sp³-hybridized carbons (Fsp3) is 0.432. The lowest BCUT2D eigenvalue weighted by Crippen LogP contribution is -2.64. The number of likely N-dealkylation sites (tertiary alicyclic amines) is 1. The number of fused-ring (bicyclic) bond motifs is 4. The van der Waals surface area contributed by atoms with Gasteiger partial charge in [0, 0.05) is 39.3 Å². The molecule has 0 radical (unpaired) electrons. The average molecular weight is 675 g/mol. The summed E-state index contributed by atoms with van der Waals surface area (Å²) in [6.45, 7) is 5.51. The Morgan fingerprint density at radius 3 is 2.24 bits per heavy atom. The highest BCUT2D eigenvalue weighted by Gasteiger charge is 2.78. The standard InChI is InChI=1S/C37H42N2O10/c1-22(19-32-37(45)23(2)33(42)39(5)36(37,34(43)49-32)21-47-24(3)40)31(48-25(4)41)17-7-6-12-18-38-35(44)46-20-30-28-15-10-8-13-26(28)27-14-9-11-16-29(27)30/h6-17,22-23,30-32,45H,18-21H2,1-5H3,(H,38,44)/b12-6+,17-7-/t22-,23+,31+,32+,36-,37-/m1/s1. The number of rotatable bonds is 12. The fourth-order valence-electron chi connectivity index (χ4n) is 7.28. The molecular formula is C37H42N2O10. The molecule has 2 heterocycles. The minimum Gasteiger partial charge on any atom is -0.463 e. The molecule has 0 bridgehead atoms. The SMILES string of the molecule is CC(=O)OC[C@@]12C(=O)O[C@@H](C[C@@H](C)[C@H](/C=C\C=C\CNC(=O)OCC3c4ccccc4-c4ccccc43)OC(C)=O)[C@]1(O)[C@@H](C)C(=O)N2C. The zero-order valence-corrected chi connectivity index (χ0v) is 28.2. The molecule has 2 N–H and O–H groups in total. The second-order valence-electron chi connectivity index (χ2n) is 12.8. The number of allylic oxidation sites excluding steroid dienone is 2. The number of carbonyl (C=O) groups excluding carboxylic acids is 5. The molecule has 3 aliphatic rings. The number of nitrogens with zero attached hydrogens (tertiary/aromatic N) is 1. The number of aliphatic hydroxyl groups is 1. The minimum atomic E-state index is -2.01. The van der Waals surface area contributed by atoms with E-state index in [0.29, 0.717) is 0 Å². The van der Waals surface area contributed by atoms with Gasteiger partial charge in [0.1, 0.15) is 25.4 Å². The Morgan fingerprint density at radius 2 is 1.63 bits per heavy atom. The summed E-state index contributed by atoms with van der Waals surface area (Å²) in [6, 6.07) is 16.2. The summed E-state index contributed by atoms with van der Waals surface area (Å²) in [5, 5.41) is 14.7. The first-order chi connectivity index (χ1) is 23.3. The molecule has 0 aromatic heterocycles. The minimum absolute atomic E-state index is 0.0326. The molecule has 2 amide bonds. The van der Waals surface area contributed by atoms with Gasteiger partial charge in [0.2, 0.25) is 11.4 Å². The van der Waals surface area contributed by atoms with Gasteiger partial charge in [0.25, 0.3) is 0 Å². The first-order valence-corrected chi connectivity index (χ1v) is 16.3. The third-order valence-corrected chi connectivity index (χ3v) is 9.86. The van der Waals surface area contributed by atoms with E-state index in [-0.39, 0.29) is 25.5 Å². The molecule has 2 aliphatic heterocycles. The van der Waals surface area contributed by atoms with Crippen LogP contribution in [0.5, 0.6) is 0 Å². The third-order valence-electron chi connectivity index (χ3n) is 9.86. The number of benzene rings is 2. The number of carbonyl (C=O) groups is 5. The van der Waals surface area contributed by atoms with Gasteiger partial charge < -0.3 is 34.3 Å². The fourth-order valence-corrected chi connectivity index (χ4v) is 7.28. The summed E-state index contributed by atoms with van der Waals surface area (Å²) in [5.41, 5.74) is 0.624. The van der Waals surface area contributed by atoms with E-state index >= 15 is 0 Å². The molecule has 0 saturated carbocycles. The maximum absolute atomic E-state index is 13.2. The number of alkyl carbamates (subject to hydrolysis) is 1. The molecule has 0 unspecified atom stereocenters. The van der Waals surface area contributed by atoms with Gasteiger partial charge in [-0.15, -0.1) is 0 Å². The van der Waals surface area contributed by atoms with Crippen LogP contribution < -0.4 is 5.32 Å². The lowest BCUT2D eigenvalue weighted by molar-refractivity contribution is -0.161. The molecule has 2 aromatic carbocycles. The van der Waals surface area contributed by atoms with Crippen molar-refractivity contribution < 1.29 is 48.0 Å². The smallest absolute Gasteiger partial charge is 0.407 e. The molecule has 12 nitrogen and oxygen atoms in total. The number of amides is 2. The Labute approximate surface area is 285 Å². The molecule has 260 valence electrons. The van der Waals surface area contributed by atoms with Crippen molar-refractivity contribution in [2.75, 3.05) is 26.8 Å². The van der Waals surface area contributed by atoms with E-state index in [1.807, 2.05) is 24.3 Å². The van der Waals surface area contributed by atoms with E-state index < -0.39 is 71.7 Å². The third kappa shape index (κ3) is 6.44. The summed E-state index contributed by atoms with van der Waals surface area (Å²) in [6.07, 6.45) is 4.20. The molecule has 2 fully saturated rings. The lowest BCUT2D eigenvalue weighted by atomic mass is 9.72. The van der Waals surface area contributed by atoms with Crippen molar-refractivity contribution >= 4 is 29.9 Å². The normalized spacial score (nSPS) is 25.5. The van der Waals surface area contributed by atoms with Crippen molar-refractivity contribution in [2.45, 2.75) is 63.4 Å². The first kappa shape index (κ1) is 35.3. The summed E-state index contributed by atoms with van der Waals surface area (Å²) in [5.74, 6) is -4.15. The number of esters is 3. The van der Waals surface area contributed by atoms with E-state index in [2.05, 4.69) is 29.6 Å². The highest BCUT2D eigenvalue weighted by atomic mass is 16.6. The molecule has 12 heteroatoms. The molecule has 49 heavy (non-hydrogen) atoms. The van der Waals surface area contributed by atoms with Gasteiger partial charge in [-0.1, -0.05) is 80.6 Å². The van der Waals surface area contributed by atoms with E-state index in [1.165, 1.54) is 20.9 Å². The van der Waals surface area contributed by atoms with Crippen LogP contribution in [0.2, 0.25) is 0 Å². The van der Waals surface area contributed by atoms with Crippen molar-refractivity contribution in [2.24, 2.45) is 11.8 Å². The van der Waals surface area contributed by atoms with Gasteiger partial charge in [0.05, 0.1) is 5.92 Å². The van der Waals surface area contributed by atoms with Gasteiger partial charge >= 0.3 is 24.0 Å². The van der Waals surface area contributed by atoms with Crippen LogP contribution in [0.4, 0.5) is 4.79 Å². The highest BCUT2D eigenvalue weighted by molar-refractivity contribution is 5.98. The van der Waals surface area contributed by atoms with Crippen LogP contribution in [-0.4, -0.2) is 90.1 Å². The van der Waals surface area contributed by atoms with Gasteiger partial charge in [-0.3, -0.25) is 14.4 Å². The first-order valence-electron chi connectivity index (χ1n) is 16.3. The summed E-state index contributed by atoms with van der Waals surface area (Å²) < 4.78 is 21.9. The largest absolute Gasteiger partial charge is 0.463 e. The van der Waals surface area contributed by atoms with Crippen molar-refractivity contribution in [1.29, 1.82) is 0 Å². The van der Waals surface area contributed by atoms with Crippen molar-refractivity contribution in [3.8, 4) is 11.1 Å². The van der Waals surface area contributed by atoms with Crippen LogP contribution in [-0.2, 0) is 38.1 Å². The second kappa shape index (κ2) is 14.3. The van der Waals surface area contributed by atoms with Crippen LogP contribution in [0.15, 0.2) is 72.8 Å². The van der Waals surface area contributed by atoms with Gasteiger partial charge in [0.15, 0.2) is 5.60 Å². The Balaban J connectivity index is 1.17. The van der Waals surface area contributed by atoms with E-state index in [4.69, 9.17) is 18.9 Å². The van der Waals surface area contributed by atoms with Crippen molar-refractivity contribution in [3.05, 3.63) is 84.0 Å². The number of ether oxygens (including phenoxy) is 4. The van der Waals surface area contributed by atoms with Gasteiger partial charge in [-0.05, 0) is 34.8 Å². The van der Waals surface area contributed by atoms with E-state index in [0.717, 1.165) is 34.1 Å². The van der Waals surface area contributed by atoms with Crippen LogP contribution in [0.25, 0.3) is 11.1 Å². The van der Waals surface area contributed by atoms with Gasteiger partial charge in [-0.2, -0.15) is 0 Å². The number of cyclic esters (lactones) is 1. The maximum atomic E-state index is 13.2. The molecule has 0 spiro atoms. The molecule has 2 aromatic rings. The number of hydrogen-bond acceptors (Lipinski definition) is 10. The zero-order chi connectivity index (χ0) is 35.5. The van der Waals surface area contributed by atoms with Crippen molar-refractivity contribution in [3.63, 3.8) is 0 Å². The Kier molecular flexibility index (Phi) is 10.3. The number of nitrogens with one attached hydrogen (secondary N) is 1. The highest BCUT2D eigenvalue weighted by Crippen LogP contribution is 2.52. The second-order valence-corrected chi connectivity index (χ2v) is 12.8. The molecular weight excluding hydrogens is 632 g/mol. The zero-order valence-electron chi connectivity index (χ0n) is 28.2. The summed E-state index contributed by atoms with van der Waals surface area (Å²) in [4.78, 5) is 63.4. The molecule has 5 rings (SSSR count). The number of hydrogen-bond donors (Lipinski definition) is 2. The number of likely N-dealkylation sites (N-methyl/N-ethyl adjacent to an activating group) is 1. The summed E-state index contributed by atoms with van der Waals surface area (Å²) >= 11 is 0. The van der Waals surface area contributed by atoms with Crippen molar-refractivity contribution in [1.82, 2.24) is 10.2 Å². The topological polar surface area (TPSA) is 158 Å².